The van der Waals surface area contributed by atoms with Gasteiger partial charge in [0, 0.05) is 52.5 Å². The predicted octanol–water partition coefficient (Wildman–Crippen LogP) is 6.33. The van der Waals surface area contributed by atoms with Gasteiger partial charge in [0.1, 0.15) is 11.5 Å². The van der Waals surface area contributed by atoms with E-state index in [1.807, 2.05) is 66.2 Å². The zero-order chi connectivity index (χ0) is 25.4. The molecular weight excluding hydrogens is 455 g/mol. The van der Waals surface area contributed by atoms with Crippen LogP contribution in [0.2, 0.25) is 0 Å². The Kier molecular flexibility index (Phi) is 5.94. The second-order valence-corrected chi connectivity index (χ2v) is 8.72. The Morgan fingerprint density at radius 3 is 2.08 bits per heavy atom. The van der Waals surface area contributed by atoms with E-state index in [9.17, 15) is 14.0 Å². The van der Waals surface area contributed by atoms with Crippen molar-refractivity contribution in [2.75, 3.05) is 0 Å². The summed E-state index contributed by atoms with van der Waals surface area (Å²) in [5, 5.41) is 5.88. The third-order valence-corrected chi connectivity index (χ3v) is 6.22. The Hall–Kier alpha value is -4.58. The predicted molar refractivity (Wildman–Crippen MR) is 139 cm³/mol. The molecule has 5 aromatic rings. The molecule has 0 N–H and O–H groups in total. The van der Waals surface area contributed by atoms with Gasteiger partial charge >= 0.3 is 5.97 Å². The van der Waals surface area contributed by atoms with E-state index in [0.29, 0.717) is 11.3 Å². The Bertz CT molecular complexity index is 1680. The molecular formula is C30H23FN2O3. The van der Waals surface area contributed by atoms with Gasteiger partial charge in [0.25, 0.3) is 0 Å². The molecule has 1 heterocycles. The van der Waals surface area contributed by atoms with Gasteiger partial charge in [-0.05, 0) is 55.0 Å². The van der Waals surface area contributed by atoms with Gasteiger partial charge in [0.15, 0.2) is 5.78 Å². The molecule has 0 unspecified atom stereocenters. The lowest BCUT2D eigenvalue weighted by atomic mass is 9.98. The van der Waals surface area contributed by atoms with Gasteiger partial charge in [-0.1, -0.05) is 47.6 Å². The van der Waals surface area contributed by atoms with Gasteiger partial charge in [0.2, 0.25) is 0 Å². The van der Waals surface area contributed by atoms with Crippen molar-refractivity contribution in [1.29, 1.82) is 0 Å². The topological polar surface area (TPSA) is 60.7 Å². The number of rotatable bonds is 5. The normalized spacial score (nSPS) is 11.7. The van der Waals surface area contributed by atoms with Crippen LogP contribution in [-0.2, 0) is 16.7 Å². The average molecular weight is 479 g/mol. The van der Waals surface area contributed by atoms with Crippen molar-refractivity contribution in [3.05, 3.63) is 119 Å². The molecule has 0 amide bonds. The van der Waals surface area contributed by atoms with Crippen LogP contribution in [0.5, 0.6) is 0 Å². The highest BCUT2D eigenvalue weighted by atomic mass is 19.1. The van der Waals surface area contributed by atoms with Gasteiger partial charge in [-0.2, -0.15) is 0 Å². The summed E-state index contributed by atoms with van der Waals surface area (Å²) in [6.45, 7) is 3.08. The van der Waals surface area contributed by atoms with Gasteiger partial charge in [-0.15, -0.1) is 0 Å². The zero-order valence-corrected chi connectivity index (χ0v) is 20.1. The molecule has 4 aromatic carbocycles. The maximum atomic E-state index is 14.5. The number of benzene rings is 4. The molecule has 36 heavy (non-hydrogen) atoms. The van der Waals surface area contributed by atoms with Crippen molar-refractivity contribution in [2.45, 2.75) is 13.8 Å². The lowest BCUT2D eigenvalue weighted by Gasteiger charge is -2.07. The van der Waals surface area contributed by atoms with Crippen LogP contribution in [0.3, 0.4) is 0 Å². The molecule has 0 spiro atoms. The maximum Gasteiger partial charge on any atom is 0.332 e. The number of halogens is 1. The summed E-state index contributed by atoms with van der Waals surface area (Å²) < 4.78 is 16.6. The number of hydrogen-bond acceptors (Lipinski definition) is 4. The number of carbonyl (C=O) groups is 2. The highest BCUT2D eigenvalue weighted by Crippen LogP contribution is 2.31. The number of carbonyl (C=O) groups excluding carboxylic acids is 2. The number of aryl methyl sites for hydroxylation is 2. The number of ketones is 1. The fourth-order valence-corrected chi connectivity index (χ4v) is 4.44. The fraction of sp³-hybridized carbons (Fsp3) is 0.100. The number of oxime groups is 1. The van der Waals surface area contributed by atoms with E-state index in [1.165, 1.54) is 19.1 Å². The van der Waals surface area contributed by atoms with Gasteiger partial charge in [0.05, 0.1) is 5.56 Å². The zero-order valence-electron chi connectivity index (χ0n) is 20.1. The number of nitrogens with zero attached hydrogens (tertiary/aromatic N) is 2. The highest BCUT2D eigenvalue weighted by molar-refractivity contribution is 6.18. The minimum absolute atomic E-state index is 0.0424. The lowest BCUT2D eigenvalue weighted by Crippen LogP contribution is -2.06. The average Bonchev–Trinajstić information content (AvgIpc) is 3.15. The number of fused-ring (bicyclic) bond motifs is 3. The molecule has 6 heteroatoms. The van der Waals surface area contributed by atoms with Gasteiger partial charge < -0.3 is 9.40 Å². The van der Waals surface area contributed by atoms with E-state index in [0.717, 1.165) is 38.5 Å². The first kappa shape index (κ1) is 23.2. The molecule has 5 nitrogen and oxygen atoms in total. The van der Waals surface area contributed by atoms with Crippen molar-refractivity contribution in [2.24, 2.45) is 12.2 Å². The Morgan fingerprint density at radius 2 is 1.44 bits per heavy atom. The summed E-state index contributed by atoms with van der Waals surface area (Å²) in [6.07, 6.45) is 0. The summed E-state index contributed by atoms with van der Waals surface area (Å²) in [4.78, 5) is 29.6. The standard InChI is InChI=1S/C30H23FN2O3/c1-18-9-12-23(26(31)15-18)30(35)22-11-14-28-25(17-22)24-16-21(10-13-27(24)33(28)3)29(32-36-19(2)34)20-7-5-4-6-8-20/h4-17H,1-3H3/b32-29+. The molecule has 0 aliphatic carbocycles. The van der Waals surface area contributed by atoms with Crippen LogP contribution in [0.1, 0.15) is 39.5 Å². The molecule has 1 aromatic heterocycles. The van der Waals surface area contributed by atoms with E-state index >= 15 is 0 Å². The van der Waals surface area contributed by atoms with E-state index in [-0.39, 0.29) is 11.3 Å². The van der Waals surface area contributed by atoms with Crippen molar-refractivity contribution >= 4 is 39.3 Å². The molecule has 0 aliphatic rings. The van der Waals surface area contributed by atoms with E-state index in [4.69, 9.17) is 4.84 Å². The fourth-order valence-electron chi connectivity index (χ4n) is 4.44. The molecule has 0 saturated heterocycles. The summed E-state index contributed by atoms with van der Waals surface area (Å²) in [5.41, 5.74) is 5.15. The van der Waals surface area contributed by atoms with Crippen LogP contribution in [-0.4, -0.2) is 22.0 Å². The van der Waals surface area contributed by atoms with E-state index in [2.05, 4.69) is 5.16 Å². The van der Waals surface area contributed by atoms with Crippen LogP contribution < -0.4 is 0 Å². The number of hydrogen-bond donors (Lipinski definition) is 0. The van der Waals surface area contributed by atoms with E-state index < -0.39 is 11.8 Å². The third-order valence-electron chi connectivity index (χ3n) is 6.22. The SMILES string of the molecule is CC(=O)O/N=C(\c1ccccc1)c1ccc2c(c1)c1cc(C(=O)c3ccc(C)cc3F)ccc1n2C. The lowest BCUT2D eigenvalue weighted by molar-refractivity contribution is -0.140. The quantitative estimate of drug-likeness (QED) is 0.128. The van der Waals surface area contributed by atoms with Crippen LogP contribution in [0.25, 0.3) is 21.8 Å². The first-order valence-electron chi connectivity index (χ1n) is 11.5. The monoisotopic (exact) mass is 478 g/mol. The summed E-state index contributed by atoms with van der Waals surface area (Å²) >= 11 is 0. The molecule has 0 fully saturated rings. The Labute approximate surface area is 207 Å². The largest absolute Gasteiger partial charge is 0.344 e. The molecule has 0 radical (unpaired) electrons. The molecule has 0 saturated carbocycles. The maximum absolute atomic E-state index is 14.5. The van der Waals surface area contributed by atoms with Crippen molar-refractivity contribution < 1.29 is 18.8 Å². The molecule has 178 valence electrons. The van der Waals surface area contributed by atoms with Crippen LogP contribution in [0, 0.1) is 12.7 Å². The summed E-state index contributed by atoms with van der Waals surface area (Å²) in [7, 11) is 1.95. The van der Waals surface area contributed by atoms with Gasteiger partial charge in [-0.25, -0.2) is 9.18 Å². The highest BCUT2D eigenvalue weighted by Gasteiger charge is 2.18. The summed E-state index contributed by atoms with van der Waals surface area (Å²) in [5.74, 6) is -1.42. The molecule has 0 bridgehead atoms. The van der Waals surface area contributed by atoms with Crippen molar-refractivity contribution in [3.63, 3.8) is 0 Å². The van der Waals surface area contributed by atoms with Crippen molar-refractivity contribution in [3.8, 4) is 0 Å². The Morgan fingerprint density at radius 1 is 0.806 bits per heavy atom. The van der Waals surface area contributed by atoms with Crippen LogP contribution in [0.4, 0.5) is 4.39 Å². The summed E-state index contributed by atoms with van der Waals surface area (Å²) in [6, 6.07) is 25.3. The first-order valence-corrected chi connectivity index (χ1v) is 11.5. The smallest absolute Gasteiger partial charge is 0.332 e. The molecule has 0 atom stereocenters. The van der Waals surface area contributed by atoms with Crippen molar-refractivity contribution in [1.82, 2.24) is 4.57 Å². The Balaban J connectivity index is 1.67. The number of aromatic nitrogens is 1. The van der Waals surface area contributed by atoms with Crippen LogP contribution >= 0.6 is 0 Å². The first-order chi connectivity index (χ1) is 17.3. The third kappa shape index (κ3) is 4.18. The molecule has 0 aliphatic heterocycles. The van der Waals surface area contributed by atoms with E-state index in [1.54, 1.807) is 25.1 Å². The second-order valence-electron chi connectivity index (χ2n) is 8.72. The van der Waals surface area contributed by atoms with Crippen LogP contribution in [0.15, 0.2) is 90.1 Å². The minimum atomic E-state index is -0.533. The minimum Gasteiger partial charge on any atom is -0.344 e. The molecule has 5 rings (SSSR count). The second kappa shape index (κ2) is 9.23. The van der Waals surface area contributed by atoms with Gasteiger partial charge in [-0.3, -0.25) is 4.79 Å².